The molecule has 2 rings (SSSR count). The van der Waals surface area contributed by atoms with Gasteiger partial charge in [0.15, 0.2) is 0 Å². The maximum absolute atomic E-state index is 12.3. The highest BCUT2D eigenvalue weighted by molar-refractivity contribution is 7.90. The van der Waals surface area contributed by atoms with Gasteiger partial charge in [-0.25, -0.2) is 18.1 Å². The Morgan fingerprint density at radius 2 is 2.00 bits per heavy atom. The number of hydrogen-bond acceptors (Lipinski definition) is 4. The van der Waals surface area contributed by atoms with Crippen LogP contribution in [-0.2, 0) is 15.4 Å². The van der Waals surface area contributed by atoms with E-state index < -0.39 is 16.1 Å². The van der Waals surface area contributed by atoms with Crippen LogP contribution < -0.4 is 10.0 Å². The molecule has 3 N–H and O–H groups in total. The van der Waals surface area contributed by atoms with E-state index in [0.29, 0.717) is 5.69 Å². The summed E-state index contributed by atoms with van der Waals surface area (Å²) in [4.78, 5) is 4.23. The second-order valence-electron chi connectivity index (χ2n) is 6.23. The van der Waals surface area contributed by atoms with Crippen molar-refractivity contribution in [2.24, 2.45) is 4.99 Å². The molecule has 116 valence electrons. The summed E-state index contributed by atoms with van der Waals surface area (Å²) >= 11 is 0. The van der Waals surface area contributed by atoms with Gasteiger partial charge >= 0.3 is 0 Å². The number of aliphatic hydroxyl groups excluding tert-OH is 1. The van der Waals surface area contributed by atoms with Gasteiger partial charge in [-0.05, 0) is 30.0 Å². The SMILES string of the molecule is CC(O)CN=C1Nc2ccc(C(C)(C)C)cc2S(=O)(=O)N1. The number of nitrogens with one attached hydrogen (secondary N) is 2. The van der Waals surface area contributed by atoms with Crippen LogP contribution in [0.3, 0.4) is 0 Å². The minimum absolute atomic E-state index is 0.125. The highest BCUT2D eigenvalue weighted by atomic mass is 32.2. The van der Waals surface area contributed by atoms with Crippen LogP contribution in [-0.4, -0.2) is 32.1 Å². The lowest BCUT2D eigenvalue weighted by Crippen LogP contribution is -2.41. The number of sulfonamides is 1. The Hall–Kier alpha value is -1.60. The Bertz CT molecular complexity index is 673. The number of aliphatic hydroxyl groups is 1. The quantitative estimate of drug-likeness (QED) is 0.770. The van der Waals surface area contributed by atoms with Crippen LogP contribution in [0.2, 0.25) is 0 Å². The monoisotopic (exact) mass is 311 g/mol. The van der Waals surface area contributed by atoms with Crippen molar-refractivity contribution in [2.75, 3.05) is 11.9 Å². The van der Waals surface area contributed by atoms with Crippen molar-refractivity contribution in [1.82, 2.24) is 4.72 Å². The van der Waals surface area contributed by atoms with Crippen LogP contribution in [0.15, 0.2) is 28.1 Å². The lowest BCUT2D eigenvalue weighted by molar-refractivity contribution is 0.204. The average Bonchev–Trinajstić information content (AvgIpc) is 2.34. The molecule has 0 fully saturated rings. The molecule has 0 spiro atoms. The Kier molecular flexibility index (Phi) is 3.99. The van der Waals surface area contributed by atoms with E-state index in [2.05, 4.69) is 15.0 Å². The number of nitrogens with zero attached hydrogens (tertiary/aromatic N) is 1. The zero-order chi connectivity index (χ0) is 15.8. The third kappa shape index (κ3) is 3.54. The van der Waals surface area contributed by atoms with Crippen LogP contribution in [0.25, 0.3) is 0 Å². The van der Waals surface area contributed by atoms with Gasteiger partial charge in [0.1, 0.15) is 4.90 Å². The fraction of sp³-hybridized carbons (Fsp3) is 0.500. The summed E-state index contributed by atoms with van der Waals surface area (Å²) in [6.07, 6.45) is -0.631. The highest BCUT2D eigenvalue weighted by Crippen LogP contribution is 2.31. The van der Waals surface area contributed by atoms with Gasteiger partial charge in [-0.2, -0.15) is 0 Å². The second-order valence-corrected chi connectivity index (χ2v) is 7.88. The number of guanidine groups is 1. The highest BCUT2D eigenvalue weighted by Gasteiger charge is 2.28. The van der Waals surface area contributed by atoms with Crippen LogP contribution >= 0.6 is 0 Å². The van der Waals surface area contributed by atoms with Crippen LogP contribution in [0.1, 0.15) is 33.3 Å². The van der Waals surface area contributed by atoms with Crippen molar-refractivity contribution in [3.63, 3.8) is 0 Å². The molecule has 1 heterocycles. The predicted octanol–water partition coefficient (Wildman–Crippen LogP) is 1.42. The Morgan fingerprint density at radius 3 is 2.57 bits per heavy atom. The first-order chi connectivity index (χ1) is 9.59. The standard InChI is InChI=1S/C14H21N3O3S/c1-9(18)8-15-13-16-11-6-5-10(14(2,3)4)7-12(11)21(19,20)17-13/h5-7,9,18H,8H2,1-4H3,(H2,15,16,17). The summed E-state index contributed by atoms with van der Waals surface area (Å²) in [6, 6.07) is 5.32. The molecule has 1 aliphatic heterocycles. The molecular formula is C14H21N3O3S. The van der Waals surface area contributed by atoms with Crippen LogP contribution in [0.4, 0.5) is 5.69 Å². The number of aliphatic imine (C=N–C) groups is 1. The summed E-state index contributed by atoms with van der Waals surface area (Å²) in [5.41, 5.74) is 1.30. The van der Waals surface area contributed by atoms with E-state index >= 15 is 0 Å². The average molecular weight is 311 g/mol. The molecular weight excluding hydrogens is 290 g/mol. The zero-order valence-electron chi connectivity index (χ0n) is 12.6. The molecule has 1 unspecified atom stereocenters. The summed E-state index contributed by atoms with van der Waals surface area (Å²) in [7, 11) is -3.65. The van der Waals surface area contributed by atoms with E-state index in [0.717, 1.165) is 5.56 Å². The Morgan fingerprint density at radius 1 is 1.33 bits per heavy atom. The van der Waals surface area contributed by atoms with E-state index in [1.54, 1.807) is 19.1 Å². The molecule has 1 aliphatic rings. The molecule has 7 heteroatoms. The molecule has 1 aromatic carbocycles. The van der Waals surface area contributed by atoms with Crippen molar-refractivity contribution in [2.45, 2.75) is 44.1 Å². The first kappa shape index (κ1) is 15.8. The number of benzene rings is 1. The summed E-state index contributed by atoms with van der Waals surface area (Å²) in [5, 5.41) is 12.2. The molecule has 1 atom stereocenters. The van der Waals surface area contributed by atoms with Crippen molar-refractivity contribution in [3.8, 4) is 0 Å². The van der Waals surface area contributed by atoms with Gasteiger partial charge < -0.3 is 10.4 Å². The molecule has 0 aliphatic carbocycles. The van der Waals surface area contributed by atoms with Gasteiger partial charge in [0, 0.05) is 0 Å². The fourth-order valence-corrected chi connectivity index (χ4v) is 3.12. The number of rotatable bonds is 2. The third-order valence-electron chi connectivity index (χ3n) is 3.13. The third-order valence-corrected chi connectivity index (χ3v) is 4.51. The molecule has 21 heavy (non-hydrogen) atoms. The minimum Gasteiger partial charge on any atom is -0.391 e. The second kappa shape index (κ2) is 5.31. The van der Waals surface area contributed by atoms with Crippen LogP contribution in [0.5, 0.6) is 0 Å². The maximum Gasteiger partial charge on any atom is 0.266 e. The minimum atomic E-state index is -3.65. The summed E-state index contributed by atoms with van der Waals surface area (Å²) in [5.74, 6) is 0.131. The molecule has 0 saturated carbocycles. The van der Waals surface area contributed by atoms with Crippen molar-refractivity contribution < 1.29 is 13.5 Å². The smallest absolute Gasteiger partial charge is 0.266 e. The van der Waals surface area contributed by atoms with E-state index in [-0.39, 0.29) is 22.8 Å². The van der Waals surface area contributed by atoms with Gasteiger partial charge in [-0.15, -0.1) is 0 Å². The van der Waals surface area contributed by atoms with Crippen LogP contribution in [0, 0.1) is 0 Å². The number of fused-ring (bicyclic) bond motifs is 1. The molecule has 6 nitrogen and oxygen atoms in total. The summed E-state index contributed by atoms with van der Waals surface area (Å²) in [6.45, 7) is 7.80. The van der Waals surface area contributed by atoms with Crippen molar-refractivity contribution in [3.05, 3.63) is 23.8 Å². The Balaban J connectivity index is 2.43. The van der Waals surface area contributed by atoms with Crippen molar-refractivity contribution in [1.29, 1.82) is 0 Å². The molecule has 0 saturated heterocycles. The normalized spacial score (nSPS) is 20.3. The lowest BCUT2D eigenvalue weighted by atomic mass is 9.87. The predicted molar refractivity (Wildman–Crippen MR) is 83.1 cm³/mol. The lowest BCUT2D eigenvalue weighted by Gasteiger charge is -2.25. The largest absolute Gasteiger partial charge is 0.391 e. The first-order valence-electron chi connectivity index (χ1n) is 6.76. The summed E-state index contributed by atoms with van der Waals surface area (Å²) < 4.78 is 27.0. The van der Waals surface area contributed by atoms with E-state index in [9.17, 15) is 13.5 Å². The number of anilines is 1. The van der Waals surface area contributed by atoms with Crippen molar-refractivity contribution >= 4 is 21.7 Å². The molecule has 0 aromatic heterocycles. The fourth-order valence-electron chi connectivity index (χ4n) is 1.94. The molecule has 0 amide bonds. The molecule has 0 bridgehead atoms. The van der Waals surface area contributed by atoms with E-state index in [1.807, 2.05) is 26.8 Å². The van der Waals surface area contributed by atoms with Gasteiger partial charge in [0.05, 0.1) is 18.3 Å². The molecule has 0 radical (unpaired) electrons. The maximum atomic E-state index is 12.3. The molecule has 1 aromatic rings. The Labute approximate surface area is 125 Å². The number of hydrogen-bond donors (Lipinski definition) is 3. The first-order valence-corrected chi connectivity index (χ1v) is 8.25. The van der Waals surface area contributed by atoms with Gasteiger partial charge in [0.25, 0.3) is 10.0 Å². The van der Waals surface area contributed by atoms with Gasteiger partial charge in [0.2, 0.25) is 5.96 Å². The van der Waals surface area contributed by atoms with E-state index in [4.69, 9.17) is 0 Å². The van der Waals surface area contributed by atoms with Gasteiger partial charge in [-0.3, -0.25) is 0 Å². The van der Waals surface area contributed by atoms with E-state index in [1.165, 1.54) is 0 Å². The zero-order valence-corrected chi connectivity index (χ0v) is 13.5. The topological polar surface area (TPSA) is 90.8 Å². The van der Waals surface area contributed by atoms with Gasteiger partial charge in [-0.1, -0.05) is 26.8 Å².